The Morgan fingerprint density at radius 3 is 2.48 bits per heavy atom. The number of hydrogen-bond acceptors (Lipinski definition) is 5. The summed E-state index contributed by atoms with van der Waals surface area (Å²) in [6.07, 6.45) is 1.97. The first-order chi connectivity index (χ1) is 9.94. The second-order valence-corrected chi connectivity index (χ2v) is 6.80. The van der Waals surface area contributed by atoms with E-state index in [9.17, 15) is 18.3 Å². The van der Waals surface area contributed by atoms with Gasteiger partial charge in [0.05, 0.1) is 23.7 Å². The number of carbonyl (C=O) groups is 1. The Hall–Kier alpha value is -1.44. The van der Waals surface area contributed by atoms with Gasteiger partial charge in [-0.15, -0.1) is 0 Å². The molecule has 1 fully saturated rings. The third kappa shape index (κ3) is 3.81. The summed E-state index contributed by atoms with van der Waals surface area (Å²) in [6, 6.07) is 5.73. The van der Waals surface area contributed by atoms with Gasteiger partial charge < -0.3 is 9.84 Å². The monoisotopic (exact) mass is 313 g/mol. The van der Waals surface area contributed by atoms with Gasteiger partial charge in [0.25, 0.3) is 0 Å². The average molecular weight is 313 g/mol. The summed E-state index contributed by atoms with van der Waals surface area (Å²) >= 11 is 0. The molecule has 2 rings (SSSR count). The van der Waals surface area contributed by atoms with E-state index in [1.807, 2.05) is 0 Å². The molecule has 0 aliphatic heterocycles. The molecule has 0 saturated heterocycles. The molecule has 1 aromatic carbocycles. The molecule has 7 heteroatoms. The van der Waals surface area contributed by atoms with Crippen LogP contribution in [0.5, 0.6) is 0 Å². The van der Waals surface area contributed by atoms with Crippen LogP contribution in [0, 0.1) is 0 Å². The Bertz CT molecular complexity index is 606. The SMILES string of the molecule is COC(=O)c1ccccc1S(=O)(=O)NC1CCC(O)CC1. The summed E-state index contributed by atoms with van der Waals surface area (Å²) in [5.74, 6) is -0.685. The zero-order valence-electron chi connectivity index (χ0n) is 11.8. The number of sulfonamides is 1. The number of ether oxygens (including phenoxy) is 1. The smallest absolute Gasteiger partial charge is 0.339 e. The van der Waals surface area contributed by atoms with Gasteiger partial charge in [-0.05, 0) is 37.8 Å². The van der Waals surface area contributed by atoms with E-state index in [-0.39, 0.29) is 22.6 Å². The van der Waals surface area contributed by atoms with E-state index in [0.717, 1.165) is 0 Å². The van der Waals surface area contributed by atoms with Crippen LogP contribution < -0.4 is 4.72 Å². The van der Waals surface area contributed by atoms with Crippen LogP contribution in [0.15, 0.2) is 29.2 Å². The lowest BCUT2D eigenvalue weighted by molar-refractivity contribution is 0.0596. The van der Waals surface area contributed by atoms with Crippen molar-refractivity contribution in [3.05, 3.63) is 29.8 Å². The molecule has 1 aliphatic carbocycles. The molecule has 1 saturated carbocycles. The summed E-state index contributed by atoms with van der Waals surface area (Å²) < 4.78 is 32.1. The first-order valence-electron chi connectivity index (χ1n) is 6.82. The zero-order chi connectivity index (χ0) is 15.5. The number of nitrogens with one attached hydrogen (secondary N) is 1. The van der Waals surface area contributed by atoms with Crippen molar-refractivity contribution >= 4 is 16.0 Å². The van der Waals surface area contributed by atoms with Gasteiger partial charge in [-0.25, -0.2) is 17.9 Å². The first-order valence-corrected chi connectivity index (χ1v) is 8.30. The molecule has 21 heavy (non-hydrogen) atoms. The largest absolute Gasteiger partial charge is 0.465 e. The molecule has 0 radical (unpaired) electrons. The maximum absolute atomic E-state index is 12.4. The Morgan fingerprint density at radius 1 is 1.24 bits per heavy atom. The zero-order valence-corrected chi connectivity index (χ0v) is 12.6. The predicted molar refractivity (Wildman–Crippen MR) is 76.4 cm³/mol. The van der Waals surface area contributed by atoms with E-state index in [0.29, 0.717) is 25.7 Å². The molecule has 0 atom stereocenters. The van der Waals surface area contributed by atoms with Crippen LogP contribution in [0.2, 0.25) is 0 Å². The van der Waals surface area contributed by atoms with Crippen molar-refractivity contribution in [3.8, 4) is 0 Å². The van der Waals surface area contributed by atoms with Crippen molar-refractivity contribution < 1.29 is 23.1 Å². The summed E-state index contributed by atoms with van der Waals surface area (Å²) in [4.78, 5) is 11.6. The molecule has 1 aliphatic rings. The fourth-order valence-electron chi connectivity index (χ4n) is 2.46. The van der Waals surface area contributed by atoms with Crippen molar-refractivity contribution in [3.63, 3.8) is 0 Å². The quantitative estimate of drug-likeness (QED) is 0.811. The standard InChI is InChI=1S/C14H19NO5S/c1-20-14(17)12-4-2-3-5-13(12)21(18,19)15-10-6-8-11(16)9-7-10/h2-5,10-11,15-16H,6-9H2,1H3. The maximum atomic E-state index is 12.4. The molecule has 6 nitrogen and oxygen atoms in total. The van der Waals surface area contributed by atoms with E-state index in [1.165, 1.54) is 19.2 Å². The lowest BCUT2D eigenvalue weighted by atomic mass is 9.94. The Labute approximate surface area is 124 Å². The minimum Gasteiger partial charge on any atom is -0.465 e. The third-order valence-electron chi connectivity index (χ3n) is 3.60. The van der Waals surface area contributed by atoms with Crippen LogP contribution in [0.25, 0.3) is 0 Å². The third-order valence-corrected chi connectivity index (χ3v) is 5.18. The van der Waals surface area contributed by atoms with Gasteiger partial charge in [-0.2, -0.15) is 0 Å². The average Bonchev–Trinajstić information content (AvgIpc) is 2.48. The molecule has 0 aromatic heterocycles. The topological polar surface area (TPSA) is 92.7 Å². The van der Waals surface area contributed by atoms with Crippen molar-refractivity contribution in [2.24, 2.45) is 0 Å². The molecule has 0 bridgehead atoms. The molecule has 2 N–H and O–H groups in total. The van der Waals surface area contributed by atoms with Crippen LogP contribution in [0.3, 0.4) is 0 Å². The highest BCUT2D eigenvalue weighted by Gasteiger charge is 2.27. The molecule has 116 valence electrons. The molecular formula is C14H19NO5S. The van der Waals surface area contributed by atoms with Gasteiger partial charge in [-0.1, -0.05) is 12.1 Å². The second-order valence-electron chi connectivity index (χ2n) is 5.11. The summed E-state index contributed by atoms with van der Waals surface area (Å²) in [7, 11) is -2.59. The minimum atomic E-state index is -3.80. The molecule has 1 aromatic rings. The second kappa shape index (κ2) is 6.55. The highest BCUT2D eigenvalue weighted by Crippen LogP contribution is 2.22. The normalized spacial score (nSPS) is 22.8. The summed E-state index contributed by atoms with van der Waals surface area (Å²) in [5, 5.41) is 9.45. The number of benzene rings is 1. The molecule has 0 amide bonds. The lowest BCUT2D eigenvalue weighted by Crippen LogP contribution is -2.39. The number of carbonyl (C=O) groups excluding carboxylic acids is 1. The Kier molecular flexibility index (Phi) is 4.97. The van der Waals surface area contributed by atoms with Gasteiger partial charge in [0.1, 0.15) is 0 Å². The fourth-order valence-corrected chi connectivity index (χ4v) is 3.96. The van der Waals surface area contributed by atoms with Crippen LogP contribution in [-0.4, -0.2) is 38.7 Å². The first kappa shape index (κ1) is 15.9. The highest BCUT2D eigenvalue weighted by molar-refractivity contribution is 7.89. The van der Waals surface area contributed by atoms with Crippen LogP contribution in [0.1, 0.15) is 36.0 Å². The van der Waals surface area contributed by atoms with Crippen molar-refractivity contribution in [2.45, 2.75) is 42.7 Å². The van der Waals surface area contributed by atoms with Gasteiger partial charge in [0, 0.05) is 6.04 Å². The number of aliphatic hydroxyl groups excluding tert-OH is 1. The summed E-state index contributed by atoms with van der Waals surface area (Å²) in [6.45, 7) is 0. The molecule has 0 spiro atoms. The number of esters is 1. The van der Waals surface area contributed by atoms with Gasteiger partial charge >= 0.3 is 5.97 Å². The van der Waals surface area contributed by atoms with E-state index in [4.69, 9.17) is 0 Å². The van der Waals surface area contributed by atoms with Crippen LogP contribution in [0.4, 0.5) is 0 Å². The van der Waals surface area contributed by atoms with Crippen LogP contribution in [-0.2, 0) is 14.8 Å². The lowest BCUT2D eigenvalue weighted by Gasteiger charge is -2.26. The molecule has 0 heterocycles. The Morgan fingerprint density at radius 2 is 1.86 bits per heavy atom. The molecule has 0 unspecified atom stereocenters. The van der Waals surface area contributed by atoms with E-state index >= 15 is 0 Å². The van der Waals surface area contributed by atoms with Crippen molar-refractivity contribution in [2.75, 3.05) is 7.11 Å². The van der Waals surface area contributed by atoms with Crippen molar-refractivity contribution in [1.29, 1.82) is 0 Å². The minimum absolute atomic E-state index is 0.0170. The summed E-state index contributed by atoms with van der Waals surface area (Å²) in [5.41, 5.74) is 0.0170. The number of methoxy groups -OCH3 is 1. The van der Waals surface area contributed by atoms with E-state index < -0.39 is 16.0 Å². The van der Waals surface area contributed by atoms with Gasteiger partial charge in [-0.3, -0.25) is 0 Å². The highest BCUT2D eigenvalue weighted by atomic mass is 32.2. The van der Waals surface area contributed by atoms with Crippen LogP contribution >= 0.6 is 0 Å². The molecular weight excluding hydrogens is 294 g/mol. The predicted octanol–water partition coefficient (Wildman–Crippen LogP) is 1.05. The fraction of sp³-hybridized carbons (Fsp3) is 0.500. The van der Waals surface area contributed by atoms with Crippen molar-refractivity contribution in [1.82, 2.24) is 4.72 Å². The van der Waals surface area contributed by atoms with E-state index in [2.05, 4.69) is 9.46 Å². The van der Waals surface area contributed by atoms with E-state index in [1.54, 1.807) is 12.1 Å². The Balaban J connectivity index is 2.22. The number of rotatable bonds is 4. The number of aliphatic hydroxyl groups is 1. The van der Waals surface area contributed by atoms with Gasteiger partial charge in [0.2, 0.25) is 10.0 Å². The van der Waals surface area contributed by atoms with Gasteiger partial charge in [0.15, 0.2) is 0 Å². The maximum Gasteiger partial charge on any atom is 0.339 e. The number of hydrogen-bond donors (Lipinski definition) is 2.